The number of hydrogen-bond acceptors (Lipinski definition) is 3. The number of unbranched alkanes of at least 4 members (excludes halogenated alkanes) is 1. The maximum atomic E-state index is 9.69. The van der Waals surface area contributed by atoms with Gasteiger partial charge >= 0.3 is 0 Å². The average Bonchev–Trinajstić information content (AvgIpc) is 2.03. The molecule has 0 amide bonds. The molecule has 11 heavy (non-hydrogen) atoms. The highest BCUT2D eigenvalue weighted by Crippen LogP contribution is 1.90. The van der Waals surface area contributed by atoms with Crippen molar-refractivity contribution >= 4 is 6.47 Å². The molecule has 0 unspecified atom stereocenters. The Morgan fingerprint density at radius 3 is 2.55 bits per heavy atom. The Morgan fingerprint density at radius 2 is 1.91 bits per heavy atom. The zero-order valence-electron chi connectivity index (χ0n) is 7.04. The summed E-state index contributed by atoms with van der Waals surface area (Å²) in [6.45, 7) is 4.67. The van der Waals surface area contributed by atoms with E-state index in [0.717, 1.165) is 32.5 Å². The fraction of sp³-hybridized carbons (Fsp3) is 0.875. The van der Waals surface area contributed by atoms with Crippen LogP contribution < -0.4 is 0 Å². The predicted octanol–water partition coefficient (Wildman–Crippen LogP) is 1.37. The third-order valence-corrected chi connectivity index (χ3v) is 1.22. The fourth-order valence-corrected chi connectivity index (χ4v) is 0.684. The first kappa shape index (κ1) is 10.4. The summed E-state index contributed by atoms with van der Waals surface area (Å²) >= 11 is 0. The van der Waals surface area contributed by atoms with Crippen LogP contribution in [-0.2, 0) is 14.3 Å². The van der Waals surface area contributed by atoms with Crippen LogP contribution in [0.5, 0.6) is 0 Å². The molecule has 0 bridgehead atoms. The molecule has 0 saturated carbocycles. The lowest BCUT2D eigenvalue weighted by Crippen LogP contribution is -1.98. The molecule has 66 valence electrons. The summed E-state index contributed by atoms with van der Waals surface area (Å²) in [5, 5.41) is 0. The highest BCUT2D eigenvalue weighted by molar-refractivity contribution is 5.36. The Morgan fingerprint density at radius 1 is 1.18 bits per heavy atom. The minimum atomic E-state index is 0.479. The summed E-state index contributed by atoms with van der Waals surface area (Å²) in [5.74, 6) is 0. The molecule has 0 aromatic carbocycles. The molecule has 0 saturated heterocycles. The van der Waals surface area contributed by atoms with E-state index in [2.05, 4.69) is 11.7 Å². The maximum absolute atomic E-state index is 9.69. The summed E-state index contributed by atoms with van der Waals surface area (Å²) < 4.78 is 9.72. The summed E-state index contributed by atoms with van der Waals surface area (Å²) in [5.41, 5.74) is 0. The van der Waals surface area contributed by atoms with Gasteiger partial charge < -0.3 is 9.47 Å². The van der Waals surface area contributed by atoms with Crippen molar-refractivity contribution in [2.24, 2.45) is 0 Å². The molecule has 0 aliphatic heterocycles. The van der Waals surface area contributed by atoms with Crippen molar-refractivity contribution in [1.29, 1.82) is 0 Å². The van der Waals surface area contributed by atoms with Gasteiger partial charge in [0.25, 0.3) is 6.47 Å². The van der Waals surface area contributed by atoms with Gasteiger partial charge in [0.15, 0.2) is 0 Å². The van der Waals surface area contributed by atoms with Gasteiger partial charge in [-0.15, -0.1) is 0 Å². The highest BCUT2D eigenvalue weighted by atomic mass is 16.5. The molecule has 0 N–H and O–H groups in total. The minimum Gasteiger partial charge on any atom is -0.468 e. The molecular weight excluding hydrogens is 144 g/mol. The van der Waals surface area contributed by atoms with Gasteiger partial charge in [0, 0.05) is 13.2 Å². The Balaban J connectivity index is 2.74. The molecule has 0 aromatic heterocycles. The standard InChI is InChI=1S/C8H16O3/c1-2-5-10-6-3-4-7-11-8-9/h8H,2-7H2,1H3. The van der Waals surface area contributed by atoms with Crippen molar-refractivity contribution in [3.63, 3.8) is 0 Å². The normalized spacial score (nSPS) is 9.55. The molecule has 0 aliphatic rings. The smallest absolute Gasteiger partial charge is 0.293 e. The summed E-state index contributed by atoms with van der Waals surface area (Å²) in [6, 6.07) is 0. The topological polar surface area (TPSA) is 35.5 Å². The van der Waals surface area contributed by atoms with E-state index in [1.54, 1.807) is 0 Å². The zero-order valence-corrected chi connectivity index (χ0v) is 7.04. The molecule has 3 nitrogen and oxygen atoms in total. The summed E-state index contributed by atoms with van der Waals surface area (Å²) in [7, 11) is 0. The van der Waals surface area contributed by atoms with Gasteiger partial charge in [-0.1, -0.05) is 6.92 Å². The van der Waals surface area contributed by atoms with E-state index in [4.69, 9.17) is 4.74 Å². The maximum Gasteiger partial charge on any atom is 0.293 e. The second kappa shape index (κ2) is 9.43. The van der Waals surface area contributed by atoms with E-state index in [9.17, 15) is 4.79 Å². The predicted molar refractivity (Wildman–Crippen MR) is 42.4 cm³/mol. The van der Waals surface area contributed by atoms with E-state index in [-0.39, 0.29) is 0 Å². The van der Waals surface area contributed by atoms with Crippen LogP contribution in [0.4, 0.5) is 0 Å². The third-order valence-electron chi connectivity index (χ3n) is 1.22. The number of rotatable bonds is 8. The van der Waals surface area contributed by atoms with Crippen molar-refractivity contribution in [3.05, 3.63) is 0 Å². The lowest BCUT2D eigenvalue weighted by atomic mass is 10.3. The molecule has 0 atom stereocenters. The lowest BCUT2D eigenvalue weighted by molar-refractivity contribution is -0.128. The van der Waals surface area contributed by atoms with Crippen LogP contribution in [0.1, 0.15) is 26.2 Å². The van der Waals surface area contributed by atoms with E-state index >= 15 is 0 Å². The van der Waals surface area contributed by atoms with Crippen molar-refractivity contribution in [3.8, 4) is 0 Å². The second-order valence-electron chi connectivity index (χ2n) is 2.29. The molecule has 0 aliphatic carbocycles. The van der Waals surface area contributed by atoms with Crippen molar-refractivity contribution in [2.75, 3.05) is 19.8 Å². The van der Waals surface area contributed by atoms with Crippen LogP contribution in [0.25, 0.3) is 0 Å². The first-order valence-corrected chi connectivity index (χ1v) is 4.04. The van der Waals surface area contributed by atoms with E-state index in [1.807, 2.05) is 0 Å². The summed E-state index contributed by atoms with van der Waals surface area (Å²) in [4.78, 5) is 9.69. The Bertz CT molecular complexity index is 83.4. The molecule has 0 radical (unpaired) electrons. The lowest BCUT2D eigenvalue weighted by Gasteiger charge is -2.00. The first-order valence-electron chi connectivity index (χ1n) is 4.04. The van der Waals surface area contributed by atoms with Gasteiger partial charge in [-0.05, 0) is 19.3 Å². The minimum absolute atomic E-state index is 0.479. The van der Waals surface area contributed by atoms with Gasteiger partial charge in [-0.25, -0.2) is 0 Å². The SMILES string of the molecule is CCCOCCCCOC=O. The van der Waals surface area contributed by atoms with Gasteiger partial charge in [0.2, 0.25) is 0 Å². The van der Waals surface area contributed by atoms with E-state index in [0.29, 0.717) is 13.1 Å². The fourth-order valence-electron chi connectivity index (χ4n) is 0.684. The van der Waals surface area contributed by atoms with E-state index < -0.39 is 0 Å². The van der Waals surface area contributed by atoms with Crippen LogP contribution in [-0.4, -0.2) is 26.3 Å². The van der Waals surface area contributed by atoms with Gasteiger partial charge in [-0.3, -0.25) is 4.79 Å². The number of carbonyl (C=O) groups is 1. The molecule has 0 fully saturated rings. The Labute approximate surface area is 67.7 Å². The van der Waals surface area contributed by atoms with Gasteiger partial charge in [-0.2, -0.15) is 0 Å². The van der Waals surface area contributed by atoms with Crippen molar-refractivity contribution < 1.29 is 14.3 Å². The van der Waals surface area contributed by atoms with Crippen molar-refractivity contribution in [1.82, 2.24) is 0 Å². The average molecular weight is 160 g/mol. The monoisotopic (exact) mass is 160 g/mol. The number of carbonyl (C=O) groups excluding carboxylic acids is 1. The van der Waals surface area contributed by atoms with Gasteiger partial charge in [0.1, 0.15) is 0 Å². The van der Waals surface area contributed by atoms with Crippen molar-refractivity contribution in [2.45, 2.75) is 26.2 Å². The number of hydrogen-bond donors (Lipinski definition) is 0. The largest absolute Gasteiger partial charge is 0.468 e. The quantitative estimate of drug-likeness (QED) is 0.397. The Hall–Kier alpha value is -0.570. The van der Waals surface area contributed by atoms with E-state index in [1.165, 1.54) is 0 Å². The number of ether oxygens (including phenoxy) is 2. The molecule has 3 heteroatoms. The zero-order chi connectivity index (χ0) is 8.36. The van der Waals surface area contributed by atoms with Crippen LogP contribution >= 0.6 is 0 Å². The highest BCUT2D eigenvalue weighted by Gasteiger charge is 1.88. The molecule has 0 spiro atoms. The Kier molecular flexibility index (Phi) is 8.94. The van der Waals surface area contributed by atoms with Crippen LogP contribution in [0.3, 0.4) is 0 Å². The van der Waals surface area contributed by atoms with Crippen LogP contribution in [0, 0.1) is 0 Å². The summed E-state index contributed by atoms with van der Waals surface area (Å²) in [6.07, 6.45) is 2.92. The van der Waals surface area contributed by atoms with Crippen LogP contribution in [0.2, 0.25) is 0 Å². The molecule has 0 aromatic rings. The van der Waals surface area contributed by atoms with Gasteiger partial charge in [0.05, 0.1) is 6.61 Å². The second-order valence-corrected chi connectivity index (χ2v) is 2.29. The third kappa shape index (κ3) is 9.43. The first-order chi connectivity index (χ1) is 5.41. The molecular formula is C8H16O3. The molecule has 0 rings (SSSR count). The van der Waals surface area contributed by atoms with Crippen LogP contribution in [0.15, 0.2) is 0 Å². The molecule has 0 heterocycles.